The fourth-order valence-corrected chi connectivity index (χ4v) is 2.88. The summed E-state index contributed by atoms with van der Waals surface area (Å²) in [4.78, 5) is 12.2. The molecule has 0 bridgehead atoms. The lowest BCUT2D eigenvalue weighted by Gasteiger charge is -2.37. The first-order valence-corrected chi connectivity index (χ1v) is 9.11. The van der Waals surface area contributed by atoms with Crippen LogP contribution in [0.5, 0.6) is 11.5 Å². The summed E-state index contributed by atoms with van der Waals surface area (Å²) in [7, 11) is 0. The standard InChI is InChI=1S/C21H22O9/c22-14-8-5-12(9-15(14)23)2-1-11-3-6-13(7-4-11)20(27)29-10-16-17(24)18(25)19(26)21(28)30-16/h1-9,16-19,21-26,28H,10H2/b2-1+. The summed E-state index contributed by atoms with van der Waals surface area (Å²) in [6, 6.07) is 10.8. The summed E-state index contributed by atoms with van der Waals surface area (Å²) in [6.07, 6.45) is -4.22. The van der Waals surface area contributed by atoms with Gasteiger partial charge in [-0.3, -0.25) is 0 Å². The summed E-state index contributed by atoms with van der Waals surface area (Å²) in [5.41, 5.74) is 1.68. The van der Waals surface area contributed by atoms with Crippen LogP contribution >= 0.6 is 0 Å². The molecule has 9 nitrogen and oxygen atoms in total. The van der Waals surface area contributed by atoms with Gasteiger partial charge >= 0.3 is 5.97 Å². The minimum Gasteiger partial charge on any atom is -0.504 e. The van der Waals surface area contributed by atoms with Crippen LogP contribution in [0.1, 0.15) is 21.5 Å². The van der Waals surface area contributed by atoms with E-state index in [0.29, 0.717) is 5.56 Å². The molecule has 1 fully saturated rings. The van der Waals surface area contributed by atoms with E-state index in [-0.39, 0.29) is 17.1 Å². The van der Waals surface area contributed by atoms with E-state index in [4.69, 9.17) is 9.47 Å². The maximum Gasteiger partial charge on any atom is 0.338 e. The summed E-state index contributed by atoms with van der Waals surface area (Å²) < 4.78 is 10.0. The number of esters is 1. The van der Waals surface area contributed by atoms with Crippen molar-refractivity contribution >= 4 is 18.1 Å². The highest BCUT2D eigenvalue weighted by Crippen LogP contribution is 2.26. The second-order valence-corrected chi connectivity index (χ2v) is 6.84. The number of phenolic OH excluding ortho intramolecular Hbond substituents is 2. The fraction of sp³-hybridized carbons (Fsp3) is 0.286. The Labute approximate surface area is 171 Å². The van der Waals surface area contributed by atoms with Crippen LogP contribution in [0.15, 0.2) is 42.5 Å². The van der Waals surface area contributed by atoms with Crippen molar-refractivity contribution in [3.8, 4) is 11.5 Å². The summed E-state index contributed by atoms with van der Waals surface area (Å²) >= 11 is 0. The zero-order chi connectivity index (χ0) is 21.8. The molecule has 0 aromatic heterocycles. The molecule has 0 saturated carbocycles. The van der Waals surface area contributed by atoms with Crippen LogP contribution in [0, 0.1) is 0 Å². The van der Waals surface area contributed by atoms with Crippen molar-refractivity contribution in [2.75, 3.05) is 6.61 Å². The predicted molar refractivity (Wildman–Crippen MR) is 104 cm³/mol. The monoisotopic (exact) mass is 418 g/mol. The number of rotatable bonds is 5. The summed E-state index contributed by atoms with van der Waals surface area (Å²) in [5.74, 6) is -1.13. The molecule has 5 atom stereocenters. The van der Waals surface area contributed by atoms with Crippen molar-refractivity contribution < 1.29 is 44.9 Å². The molecule has 0 aliphatic carbocycles. The molecule has 3 rings (SSSR count). The Morgan fingerprint density at radius 2 is 1.50 bits per heavy atom. The number of benzene rings is 2. The van der Waals surface area contributed by atoms with E-state index in [9.17, 15) is 35.4 Å². The average Bonchev–Trinajstić information content (AvgIpc) is 2.74. The molecule has 2 aromatic rings. The third kappa shape index (κ3) is 4.96. The molecule has 2 aromatic carbocycles. The number of phenols is 2. The summed E-state index contributed by atoms with van der Waals surface area (Å²) in [5, 5.41) is 57.2. The smallest absolute Gasteiger partial charge is 0.338 e. The number of aliphatic hydroxyl groups excluding tert-OH is 4. The van der Waals surface area contributed by atoms with Gasteiger partial charge in [0.15, 0.2) is 17.8 Å². The van der Waals surface area contributed by atoms with Crippen LogP contribution in [-0.4, -0.2) is 73.9 Å². The first-order valence-electron chi connectivity index (χ1n) is 9.11. The number of hydrogen-bond donors (Lipinski definition) is 6. The van der Waals surface area contributed by atoms with Gasteiger partial charge in [0, 0.05) is 0 Å². The number of aromatic hydroxyl groups is 2. The molecule has 1 saturated heterocycles. The van der Waals surface area contributed by atoms with Crippen LogP contribution < -0.4 is 0 Å². The molecule has 0 spiro atoms. The van der Waals surface area contributed by atoms with Crippen molar-refractivity contribution in [2.45, 2.75) is 30.7 Å². The number of hydrogen-bond acceptors (Lipinski definition) is 9. The van der Waals surface area contributed by atoms with Gasteiger partial charge in [0.25, 0.3) is 0 Å². The van der Waals surface area contributed by atoms with Crippen LogP contribution in [0.25, 0.3) is 12.2 Å². The number of carbonyl (C=O) groups excluding carboxylic acids is 1. The van der Waals surface area contributed by atoms with E-state index >= 15 is 0 Å². The second kappa shape index (κ2) is 9.24. The Bertz CT molecular complexity index is 909. The lowest BCUT2D eigenvalue weighted by Crippen LogP contribution is -2.58. The Kier molecular flexibility index (Phi) is 6.70. The van der Waals surface area contributed by atoms with Crippen LogP contribution in [0.2, 0.25) is 0 Å². The maximum atomic E-state index is 12.2. The van der Waals surface area contributed by atoms with Gasteiger partial charge in [-0.05, 0) is 35.4 Å². The molecule has 6 N–H and O–H groups in total. The Hall–Kier alpha value is -2.95. The van der Waals surface area contributed by atoms with Crippen LogP contribution in [0.4, 0.5) is 0 Å². The first-order chi connectivity index (χ1) is 14.3. The predicted octanol–water partition coefficient (Wildman–Crippen LogP) is 0.225. The molecule has 1 aliphatic rings. The van der Waals surface area contributed by atoms with Gasteiger partial charge in [-0.2, -0.15) is 0 Å². The fourth-order valence-electron chi connectivity index (χ4n) is 2.88. The van der Waals surface area contributed by atoms with Gasteiger partial charge in [0.2, 0.25) is 0 Å². The van der Waals surface area contributed by atoms with Gasteiger partial charge < -0.3 is 40.1 Å². The van der Waals surface area contributed by atoms with Crippen LogP contribution in [0.3, 0.4) is 0 Å². The van der Waals surface area contributed by atoms with Crippen LogP contribution in [-0.2, 0) is 9.47 Å². The minimum atomic E-state index is -1.70. The molecule has 160 valence electrons. The van der Waals surface area contributed by atoms with Crippen molar-refractivity contribution in [2.24, 2.45) is 0 Å². The van der Waals surface area contributed by atoms with Crippen molar-refractivity contribution in [1.29, 1.82) is 0 Å². The van der Waals surface area contributed by atoms with E-state index in [0.717, 1.165) is 5.56 Å². The van der Waals surface area contributed by atoms with Gasteiger partial charge in [-0.25, -0.2) is 4.79 Å². The number of aliphatic hydroxyl groups is 4. The molecule has 0 radical (unpaired) electrons. The number of carbonyl (C=O) groups is 1. The highest BCUT2D eigenvalue weighted by molar-refractivity contribution is 5.89. The van der Waals surface area contributed by atoms with E-state index in [1.54, 1.807) is 30.4 Å². The van der Waals surface area contributed by atoms with Crippen molar-refractivity contribution in [3.05, 3.63) is 59.2 Å². The summed E-state index contributed by atoms with van der Waals surface area (Å²) in [6.45, 7) is -0.424. The molecule has 1 aliphatic heterocycles. The molecular weight excluding hydrogens is 396 g/mol. The lowest BCUT2D eigenvalue weighted by atomic mass is 9.99. The zero-order valence-corrected chi connectivity index (χ0v) is 15.7. The molecule has 5 unspecified atom stereocenters. The molecular formula is C21H22O9. The minimum absolute atomic E-state index is 0.207. The molecule has 9 heteroatoms. The van der Waals surface area contributed by atoms with Gasteiger partial charge in [0.05, 0.1) is 5.56 Å². The van der Waals surface area contributed by atoms with Crippen molar-refractivity contribution in [3.63, 3.8) is 0 Å². The third-order valence-electron chi connectivity index (χ3n) is 4.68. The van der Waals surface area contributed by atoms with Crippen molar-refractivity contribution in [1.82, 2.24) is 0 Å². The second-order valence-electron chi connectivity index (χ2n) is 6.84. The zero-order valence-electron chi connectivity index (χ0n) is 15.7. The maximum absolute atomic E-state index is 12.2. The van der Waals surface area contributed by atoms with Gasteiger partial charge in [-0.1, -0.05) is 30.4 Å². The number of ether oxygens (including phenoxy) is 2. The third-order valence-corrected chi connectivity index (χ3v) is 4.68. The Morgan fingerprint density at radius 3 is 2.17 bits per heavy atom. The Morgan fingerprint density at radius 1 is 0.867 bits per heavy atom. The highest BCUT2D eigenvalue weighted by atomic mass is 16.6. The lowest BCUT2D eigenvalue weighted by molar-refractivity contribution is -0.286. The topological polar surface area (TPSA) is 157 Å². The van der Waals surface area contributed by atoms with E-state index < -0.39 is 43.3 Å². The molecule has 0 amide bonds. The largest absolute Gasteiger partial charge is 0.504 e. The molecule has 1 heterocycles. The SMILES string of the molecule is O=C(OCC1OC(O)C(O)C(O)C1O)c1ccc(/C=C/c2ccc(O)c(O)c2)cc1. The Balaban J connectivity index is 1.57. The normalized spacial score (nSPS) is 26.6. The quantitative estimate of drug-likeness (QED) is 0.227. The highest BCUT2D eigenvalue weighted by Gasteiger charge is 2.43. The van der Waals surface area contributed by atoms with Gasteiger partial charge in [0.1, 0.15) is 31.0 Å². The average molecular weight is 418 g/mol. The molecule has 30 heavy (non-hydrogen) atoms. The van der Waals surface area contributed by atoms with E-state index in [1.807, 2.05) is 0 Å². The first kappa shape index (κ1) is 21.8. The van der Waals surface area contributed by atoms with E-state index in [1.165, 1.54) is 24.3 Å². The van der Waals surface area contributed by atoms with Gasteiger partial charge in [-0.15, -0.1) is 0 Å². The van der Waals surface area contributed by atoms with E-state index in [2.05, 4.69) is 0 Å².